The van der Waals surface area contributed by atoms with Crippen LogP contribution in [0.25, 0.3) is 0 Å². The lowest BCUT2D eigenvalue weighted by Crippen LogP contribution is -2.47. The third-order valence-corrected chi connectivity index (χ3v) is 3.43. The van der Waals surface area contributed by atoms with Crippen molar-refractivity contribution in [3.63, 3.8) is 0 Å². The largest absolute Gasteiger partial charge is 0.480 e. The van der Waals surface area contributed by atoms with Crippen LogP contribution < -0.4 is 11.1 Å². The number of amides is 1. The molecule has 0 aromatic rings. The summed E-state index contributed by atoms with van der Waals surface area (Å²) in [6.45, 7) is 1.74. The Balaban J connectivity index is 2.58. The van der Waals surface area contributed by atoms with Gasteiger partial charge in [-0.1, -0.05) is 26.2 Å². The Morgan fingerprint density at radius 1 is 1.35 bits per heavy atom. The Bertz CT molecular complexity index is 281. The van der Waals surface area contributed by atoms with Crippen LogP contribution >= 0.6 is 0 Å². The predicted molar refractivity (Wildman–Crippen MR) is 64.4 cm³/mol. The molecule has 1 aliphatic carbocycles. The molecule has 2 unspecified atom stereocenters. The van der Waals surface area contributed by atoms with E-state index >= 15 is 0 Å². The highest BCUT2D eigenvalue weighted by Gasteiger charge is 2.29. The summed E-state index contributed by atoms with van der Waals surface area (Å²) in [5.41, 5.74) is 5.96. The third-order valence-electron chi connectivity index (χ3n) is 3.43. The molecule has 0 aliphatic heterocycles. The summed E-state index contributed by atoms with van der Waals surface area (Å²) >= 11 is 0. The second-order valence-electron chi connectivity index (χ2n) is 4.72. The van der Waals surface area contributed by atoms with Gasteiger partial charge < -0.3 is 16.2 Å². The van der Waals surface area contributed by atoms with Crippen LogP contribution in [0, 0.1) is 5.92 Å². The lowest BCUT2D eigenvalue weighted by atomic mass is 9.94. The average molecular weight is 242 g/mol. The summed E-state index contributed by atoms with van der Waals surface area (Å²) < 4.78 is 0. The van der Waals surface area contributed by atoms with Crippen molar-refractivity contribution in [2.45, 2.75) is 57.5 Å². The Morgan fingerprint density at radius 2 is 2.00 bits per heavy atom. The number of carbonyl (C=O) groups is 2. The van der Waals surface area contributed by atoms with Gasteiger partial charge in [-0.05, 0) is 19.3 Å². The fraction of sp³-hybridized carbons (Fsp3) is 0.833. The van der Waals surface area contributed by atoms with Crippen molar-refractivity contribution in [2.75, 3.05) is 0 Å². The first-order valence-corrected chi connectivity index (χ1v) is 6.35. The maximum absolute atomic E-state index is 12.0. The number of aliphatic carboxylic acids is 1. The van der Waals surface area contributed by atoms with Gasteiger partial charge in [0.15, 0.2) is 0 Å². The highest BCUT2D eigenvalue weighted by Crippen LogP contribution is 2.22. The molecular weight excluding hydrogens is 220 g/mol. The Kier molecular flexibility index (Phi) is 5.41. The molecule has 0 aromatic carbocycles. The molecule has 0 aromatic heterocycles. The van der Waals surface area contributed by atoms with E-state index in [1.165, 1.54) is 0 Å². The van der Waals surface area contributed by atoms with Crippen LogP contribution in [0.4, 0.5) is 0 Å². The molecule has 1 saturated carbocycles. The van der Waals surface area contributed by atoms with Gasteiger partial charge in [-0.2, -0.15) is 0 Å². The third kappa shape index (κ3) is 4.00. The van der Waals surface area contributed by atoms with E-state index in [0.717, 1.165) is 32.1 Å². The molecule has 0 bridgehead atoms. The highest BCUT2D eigenvalue weighted by atomic mass is 16.4. The molecule has 1 aliphatic rings. The van der Waals surface area contributed by atoms with Crippen LogP contribution in [-0.4, -0.2) is 29.1 Å². The van der Waals surface area contributed by atoms with E-state index in [2.05, 4.69) is 5.32 Å². The van der Waals surface area contributed by atoms with E-state index in [1.807, 2.05) is 0 Å². The van der Waals surface area contributed by atoms with Gasteiger partial charge in [0, 0.05) is 6.04 Å². The number of carboxylic acids is 1. The average Bonchev–Trinajstić information content (AvgIpc) is 2.50. The van der Waals surface area contributed by atoms with Crippen molar-refractivity contribution < 1.29 is 14.7 Å². The van der Waals surface area contributed by atoms with Crippen molar-refractivity contribution in [3.05, 3.63) is 0 Å². The van der Waals surface area contributed by atoms with E-state index in [0.29, 0.717) is 6.42 Å². The molecule has 4 N–H and O–H groups in total. The summed E-state index contributed by atoms with van der Waals surface area (Å²) in [6.07, 6.45) is 5.17. The molecule has 0 spiro atoms. The molecule has 1 amide bonds. The smallest absolute Gasteiger partial charge is 0.326 e. The maximum Gasteiger partial charge on any atom is 0.326 e. The number of nitrogens with one attached hydrogen (secondary N) is 1. The molecule has 98 valence electrons. The van der Waals surface area contributed by atoms with Crippen LogP contribution in [0.3, 0.4) is 0 Å². The van der Waals surface area contributed by atoms with Gasteiger partial charge in [0.25, 0.3) is 0 Å². The van der Waals surface area contributed by atoms with Crippen LogP contribution in [0.1, 0.15) is 45.4 Å². The second-order valence-corrected chi connectivity index (χ2v) is 4.72. The van der Waals surface area contributed by atoms with Crippen molar-refractivity contribution in [1.82, 2.24) is 5.32 Å². The lowest BCUT2D eigenvalue weighted by Gasteiger charge is -2.22. The van der Waals surface area contributed by atoms with Gasteiger partial charge in [-0.15, -0.1) is 0 Å². The normalized spacial score (nSPS) is 26.9. The van der Waals surface area contributed by atoms with Gasteiger partial charge in [0.1, 0.15) is 6.04 Å². The Morgan fingerprint density at radius 3 is 2.59 bits per heavy atom. The molecule has 3 atom stereocenters. The van der Waals surface area contributed by atoms with Crippen molar-refractivity contribution in [2.24, 2.45) is 11.7 Å². The van der Waals surface area contributed by atoms with Gasteiger partial charge in [0.05, 0.1) is 5.92 Å². The van der Waals surface area contributed by atoms with Gasteiger partial charge in [-0.3, -0.25) is 4.79 Å². The molecule has 1 fully saturated rings. The lowest BCUT2D eigenvalue weighted by molar-refractivity contribution is -0.142. The molecule has 0 radical (unpaired) electrons. The number of carbonyl (C=O) groups excluding carboxylic acids is 1. The van der Waals surface area contributed by atoms with Crippen molar-refractivity contribution in [3.8, 4) is 0 Å². The number of nitrogens with two attached hydrogens (primary N) is 1. The van der Waals surface area contributed by atoms with E-state index < -0.39 is 12.0 Å². The summed E-state index contributed by atoms with van der Waals surface area (Å²) in [7, 11) is 0. The standard InChI is InChI=1S/C12H22N2O3/c1-2-10(12(16)17)14-11(15)8-6-4-3-5-7-9(8)13/h8-10H,2-7,13H2,1H3,(H,14,15)(H,16,17)/t8?,9?,10-/m0/s1. The highest BCUT2D eigenvalue weighted by molar-refractivity contribution is 5.85. The maximum atomic E-state index is 12.0. The fourth-order valence-electron chi connectivity index (χ4n) is 2.28. The zero-order chi connectivity index (χ0) is 12.8. The van der Waals surface area contributed by atoms with Gasteiger partial charge >= 0.3 is 5.97 Å². The van der Waals surface area contributed by atoms with Crippen LogP contribution in [0.15, 0.2) is 0 Å². The van der Waals surface area contributed by atoms with E-state index in [-0.39, 0.29) is 17.9 Å². The van der Waals surface area contributed by atoms with E-state index in [9.17, 15) is 9.59 Å². The second kappa shape index (κ2) is 6.59. The van der Waals surface area contributed by atoms with E-state index in [1.54, 1.807) is 6.92 Å². The Hall–Kier alpha value is -1.10. The van der Waals surface area contributed by atoms with Crippen LogP contribution in [0.2, 0.25) is 0 Å². The molecule has 1 rings (SSSR count). The molecule has 5 nitrogen and oxygen atoms in total. The zero-order valence-corrected chi connectivity index (χ0v) is 10.3. The molecule has 5 heteroatoms. The predicted octanol–water partition coefficient (Wildman–Crippen LogP) is 0.873. The monoisotopic (exact) mass is 242 g/mol. The first-order chi connectivity index (χ1) is 8.06. The molecule has 0 saturated heterocycles. The Labute approximate surface area is 102 Å². The van der Waals surface area contributed by atoms with Gasteiger partial charge in [0.2, 0.25) is 5.91 Å². The summed E-state index contributed by atoms with van der Waals surface area (Å²) in [6, 6.07) is -0.929. The topological polar surface area (TPSA) is 92.4 Å². The minimum Gasteiger partial charge on any atom is -0.480 e. The fourth-order valence-corrected chi connectivity index (χ4v) is 2.28. The van der Waals surface area contributed by atoms with Crippen LogP contribution in [-0.2, 0) is 9.59 Å². The number of hydrogen-bond acceptors (Lipinski definition) is 3. The summed E-state index contributed by atoms with van der Waals surface area (Å²) in [5.74, 6) is -1.41. The SMILES string of the molecule is CC[C@H](NC(=O)C1CCCCCC1N)C(=O)O. The molecule has 0 heterocycles. The first kappa shape index (κ1) is 14.0. The minimum absolute atomic E-state index is 0.135. The first-order valence-electron chi connectivity index (χ1n) is 6.35. The van der Waals surface area contributed by atoms with Crippen molar-refractivity contribution in [1.29, 1.82) is 0 Å². The number of hydrogen-bond donors (Lipinski definition) is 3. The zero-order valence-electron chi connectivity index (χ0n) is 10.3. The van der Waals surface area contributed by atoms with E-state index in [4.69, 9.17) is 10.8 Å². The van der Waals surface area contributed by atoms with Crippen molar-refractivity contribution >= 4 is 11.9 Å². The molecular formula is C12H22N2O3. The van der Waals surface area contributed by atoms with Gasteiger partial charge in [-0.25, -0.2) is 4.79 Å². The number of carboxylic acid groups (broad SMARTS) is 1. The number of rotatable bonds is 4. The molecule has 17 heavy (non-hydrogen) atoms. The quantitative estimate of drug-likeness (QED) is 0.638. The minimum atomic E-state index is -0.983. The summed E-state index contributed by atoms with van der Waals surface area (Å²) in [4.78, 5) is 22.8. The van der Waals surface area contributed by atoms with Crippen LogP contribution in [0.5, 0.6) is 0 Å². The summed E-state index contributed by atoms with van der Waals surface area (Å²) in [5, 5.41) is 11.5.